The van der Waals surface area contributed by atoms with E-state index in [4.69, 9.17) is 0 Å². The predicted octanol–water partition coefficient (Wildman–Crippen LogP) is 2.85. The van der Waals surface area contributed by atoms with E-state index in [1.807, 2.05) is 18.2 Å². The molecule has 1 aliphatic heterocycles. The second-order valence-electron chi connectivity index (χ2n) is 5.27. The first-order chi connectivity index (χ1) is 10.5. The summed E-state index contributed by atoms with van der Waals surface area (Å²) in [7, 11) is 0. The van der Waals surface area contributed by atoms with Crippen molar-refractivity contribution in [2.45, 2.75) is 6.18 Å². The lowest BCUT2D eigenvalue weighted by molar-refractivity contribution is -0.367. The van der Waals surface area contributed by atoms with Crippen molar-refractivity contribution >= 4 is 11.5 Å². The third-order valence-electron chi connectivity index (χ3n) is 3.87. The van der Waals surface area contributed by atoms with Crippen molar-refractivity contribution in [1.82, 2.24) is 0 Å². The van der Waals surface area contributed by atoms with Crippen molar-refractivity contribution in [3.8, 4) is 0 Å². The van der Waals surface area contributed by atoms with Gasteiger partial charge in [-0.1, -0.05) is 18.2 Å². The molecular weight excluding hydrogens is 291 g/mol. The lowest BCUT2D eigenvalue weighted by atomic mass is 10.2. The average molecular weight is 308 g/mol. The first-order valence-corrected chi connectivity index (χ1v) is 7.18. The molecule has 6 heteroatoms. The maximum atomic E-state index is 12.6. The van der Waals surface area contributed by atoms with Gasteiger partial charge in [-0.15, -0.1) is 0 Å². The minimum Gasteiger partial charge on any atom is -0.364 e. The number of alkyl halides is 3. The summed E-state index contributed by atoms with van der Waals surface area (Å²) in [6.07, 6.45) is -3.28. The summed E-state index contributed by atoms with van der Waals surface area (Å²) in [5.41, 5.74) is 0.526. The van der Waals surface area contributed by atoms with Crippen LogP contribution in [0.4, 0.5) is 24.7 Å². The van der Waals surface area contributed by atoms with Crippen molar-refractivity contribution in [3.63, 3.8) is 0 Å². The number of anilines is 2. The number of pyridine rings is 1. The summed E-state index contributed by atoms with van der Waals surface area (Å²) in [4.78, 5) is 7.10. The van der Waals surface area contributed by atoms with Crippen molar-refractivity contribution in [1.29, 1.82) is 0 Å². The predicted molar refractivity (Wildman–Crippen MR) is 78.9 cm³/mol. The third kappa shape index (κ3) is 3.16. The molecule has 0 bridgehead atoms. The van der Waals surface area contributed by atoms with Gasteiger partial charge in [-0.25, -0.2) is 4.98 Å². The van der Waals surface area contributed by atoms with Gasteiger partial charge in [-0.05, 0) is 18.2 Å². The van der Waals surface area contributed by atoms with Gasteiger partial charge in [0.1, 0.15) is 19.3 Å². The molecule has 22 heavy (non-hydrogen) atoms. The van der Waals surface area contributed by atoms with Crippen molar-refractivity contribution < 1.29 is 18.2 Å². The van der Waals surface area contributed by atoms with Gasteiger partial charge < -0.3 is 4.90 Å². The summed E-state index contributed by atoms with van der Waals surface area (Å²) in [6, 6.07) is 12.8. The third-order valence-corrected chi connectivity index (χ3v) is 3.87. The van der Waals surface area contributed by atoms with Crippen molar-refractivity contribution in [2.24, 2.45) is 0 Å². The Morgan fingerprint density at radius 2 is 1.45 bits per heavy atom. The number of hydrogen-bond acceptors (Lipinski definition) is 2. The van der Waals surface area contributed by atoms with Crippen molar-refractivity contribution in [2.75, 3.05) is 36.0 Å². The van der Waals surface area contributed by atoms with Crippen LogP contribution >= 0.6 is 0 Å². The molecule has 1 saturated heterocycles. The molecular formula is C16H17F3N3+. The molecule has 0 atom stereocenters. The molecule has 2 aromatic rings. The van der Waals surface area contributed by atoms with E-state index >= 15 is 0 Å². The van der Waals surface area contributed by atoms with E-state index < -0.39 is 11.7 Å². The average Bonchev–Trinajstić information content (AvgIpc) is 2.55. The highest BCUT2D eigenvalue weighted by atomic mass is 19.4. The standard InChI is InChI=1S/C16H16F3N3/c17-16(18,19)13-6-7-15(20-12-13)22-10-8-21(9-11-22)14-4-2-1-3-5-14/h1-7,12H,8-11H2/p+1. The SMILES string of the molecule is FC(F)(F)c1ccc(N2CCN(c3ccccc3)CC2)[nH+]c1. The highest BCUT2D eigenvalue weighted by molar-refractivity contribution is 5.48. The summed E-state index contributed by atoms with van der Waals surface area (Å²) in [5.74, 6) is 0.723. The molecule has 0 amide bonds. The van der Waals surface area contributed by atoms with Crippen LogP contribution in [-0.2, 0) is 6.18 Å². The fourth-order valence-corrected chi connectivity index (χ4v) is 2.63. The van der Waals surface area contributed by atoms with Gasteiger partial charge in [0.15, 0.2) is 0 Å². The number of rotatable bonds is 2. The van der Waals surface area contributed by atoms with Crippen LogP contribution in [0.15, 0.2) is 48.7 Å². The van der Waals surface area contributed by atoms with E-state index in [1.54, 1.807) is 0 Å². The zero-order valence-electron chi connectivity index (χ0n) is 12.0. The van der Waals surface area contributed by atoms with Gasteiger partial charge in [0.05, 0.1) is 18.7 Å². The Kier molecular flexibility index (Phi) is 3.92. The van der Waals surface area contributed by atoms with Crippen LogP contribution in [0.2, 0.25) is 0 Å². The van der Waals surface area contributed by atoms with E-state index in [1.165, 1.54) is 11.8 Å². The molecule has 0 radical (unpaired) electrons. The van der Waals surface area contributed by atoms with E-state index in [0.29, 0.717) is 0 Å². The number of para-hydroxylation sites is 1. The highest BCUT2D eigenvalue weighted by Crippen LogP contribution is 2.28. The number of H-pyrrole nitrogens is 1. The van der Waals surface area contributed by atoms with Crippen LogP contribution in [0, 0.1) is 0 Å². The Bertz CT molecular complexity index is 603. The van der Waals surface area contributed by atoms with Crippen LogP contribution in [0.5, 0.6) is 0 Å². The van der Waals surface area contributed by atoms with Gasteiger partial charge in [0.25, 0.3) is 5.82 Å². The van der Waals surface area contributed by atoms with E-state index in [0.717, 1.165) is 44.3 Å². The maximum Gasteiger partial charge on any atom is 0.419 e. The van der Waals surface area contributed by atoms with Gasteiger partial charge in [-0.3, -0.25) is 4.90 Å². The first kappa shape index (κ1) is 14.7. The number of hydrogen-bond donors (Lipinski definition) is 0. The molecule has 116 valence electrons. The highest BCUT2D eigenvalue weighted by Gasteiger charge is 2.32. The van der Waals surface area contributed by atoms with Crippen LogP contribution < -0.4 is 14.8 Å². The number of aromatic nitrogens is 1. The molecule has 3 rings (SSSR count). The Morgan fingerprint density at radius 3 is 2.00 bits per heavy atom. The smallest absolute Gasteiger partial charge is 0.364 e. The summed E-state index contributed by atoms with van der Waals surface area (Å²) in [6.45, 7) is 3.24. The molecule has 1 N–H and O–H groups in total. The first-order valence-electron chi connectivity index (χ1n) is 7.18. The van der Waals surface area contributed by atoms with Crippen LogP contribution in [-0.4, -0.2) is 26.2 Å². The number of halogens is 3. The largest absolute Gasteiger partial charge is 0.419 e. The van der Waals surface area contributed by atoms with Crippen molar-refractivity contribution in [3.05, 3.63) is 54.2 Å². The molecule has 2 heterocycles. The summed E-state index contributed by atoms with van der Waals surface area (Å²) in [5, 5.41) is 0. The van der Waals surface area contributed by atoms with Crippen LogP contribution in [0.25, 0.3) is 0 Å². The van der Waals surface area contributed by atoms with Gasteiger partial charge in [-0.2, -0.15) is 13.2 Å². The van der Waals surface area contributed by atoms with E-state index in [2.05, 4.69) is 26.9 Å². The topological polar surface area (TPSA) is 20.6 Å². The minimum atomic E-state index is -4.30. The molecule has 1 aliphatic rings. The monoisotopic (exact) mass is 308 g/mol. The molecule has 1 fully saturated rings. The molecule has 3 nitrogen and oxygen atoms in total. The second kappa shape index (κ2) is 5.87. The van der Waals surface area contributed by atoms with Crippen LogP contribution in [0.3, 0.4) is 0 Å². The lowest BCUT2D eigenvalue weighted by Gasteiger charge is -2.32. The van der Waals surface area contributed by atoms with Gasteiger partial charge in [0, 0.05) is 11.8 Å². The molecule has 0 spiro atoms. The maximum absolute atomic E-state index is 12.6. The molecule has 0 unspecified atom stereocenters. The minimum absolute atomic E-state index is 0.654. The van der Waals surface area contributed by atoms with Crippen LogP contribution in [0.1, 0.15) is 5.56 Å². The Balaban J connectivity index is 1.64. The summed E-state index contributed by atoms with van der Waals surface area (Å²) < 4.78 is 37.7. The van der Waals surface area contributed by atoms with Gasteiger partial charge >= 0.3 is 6.18 Å². The number of piperazine rings is 1. The normalized spacial score (nSPS) is 16.0. The Labute approximate surface area is 127 Å². The number of nitrogens with zero attached hydrogens (tertiary/aromatic N) is 2. The Hall–Kier alpha value is -2.24. The lowest BCUT2D eigenvalue weighted by Crippen LogP contribution is -2.48. The molecule has 1 aromatic carbocycles. The fourth-order valence-electron chi connectivity index (χ4n) is 2.63. The fraction of sp³-hybridized carbons (Fsp3) is 0.312. The molecule has 0 saturated carbocycles. The van der Waals surface area contributed by atoms with E-state index in [-0.39, 0.29) is 0 Å². The molecule has 0 aliphatic carbocycles. The molecule has 1 aromatic heterocycles. The van der Waals surface area contributed by atoms with Gasteiger partial charge in [0.2, 0.25) is 0 Å². The quantitative estimate of drug-likeness (QED) is 0.850. The summed E-state index contributed by atoms with van der Waals surface area (Å²) >= 11 is 0. The number of nitrogens with one attached hydrogen (secondary N) is 1. The Morgan fingerprint density at radius 1 is 0.818 bits per heavy atom. The second-order valence-corrected chi connectivity index (χ2v) is 5.27. The zero-order valence-corrected chi connectivity index (χ0v) is 12.0. The number of benzene rings is 1. The zero-order chi connectivity index (χ0) is 15.6. The number of aromatic amines is 1. The van der Waals surface area contributed by atoms with E-state index in [9.17, 15) is 13.2 Å².